The van der Waals surface area contributed by atoms with Crippen LogP contribution in [0.1, 0.15) is 83.4 Å². The molecule has 4 aliphatic rings. The Bertz CT molecular complexity index is 2000. The van der Waals surface area contributed by atoms with Crippen LogP contribution in [-0.2, 0) is 28.8 Å². The Balaban J connectivity index is 1.32. The highest BCUT2D eigenvalue weighted by Crippen LogP contribution is 2.46. The number of aliphatic hydroxyl groups is 1. The van der Waals surface area contributed by atoms with Crippen molar-refractivity contribution in [3.8, 4) is 11.6 Å². The zero-order valence-electron chi connectivity index (χ0n) is 30.1. The van der Waals surface area contributed by atoms with E-state index in [0.29, 0.717) is 31.9 Å². The summed E-state index contributed by atoms with van der Waals surface area (Å²) in [4.78, 5) is 30.0. The lowest BCUT2D eigenvalue weighted by Gasteiger charge is -2.45. The molecule has 7 atom stereocenters. The van der Waals surface area contributed by atoms with Crippen LogP contribution in [-0.4, -0.2) is 69.1 Å². The molecule has 2 aliphatic carbocycles. The SMILES string of the molecule is COc1nn(C)cc1C(=O)NS1(=O)=NC(=O)c2ccc3c(c2)N(C[C@@H]2CC[C@H]2[C@@H](O)/C=C\C[C@H](C)[C@H]1C)C[C@@]1(CCCc2cc(C)ccc21)CO3. The first-order valence-corrected chi connectivity index (χ1v) is 19.6. The molecule has 2 N–H and O–H groups in total. The number of amides is 2. The predicted octanol–water partition coefficient (Wildman–Crippen LogP) is 5.54. The highest BCUT2D eigenvalue weighted by atomic mass is 32.2. The number of ether oxygens (including phenoxy) is 2. The fraction of sp³-hybridized carbons (Fsp3) is 0.513. The van der Waals surface area contributed by atoms with Crippen LogP contribution in [0.2, 0.25) is 0 Å². The zero-order valence-corrected chi connectivity index (χ0v) is 30.9. The van der Waals surface area contributed by atoms with E-state index in [2.05, 4.69) is 44.2 Å². The van der Waals surface area contributed by atoms with E-state index >= 15 is 0 Å². The van der Waals surface area contributed by atoms with Crippen molar-refractivity contribution in [3.05, 3.63) is 82.6 Å². The van der Waals surface area contributed by atoms with Gasteiger partial charge < -0.3 is 19.5 Å². The Morgan fingerprint density at radius 2 is 2.00 bits per heavy atom. The third-order valence-electron chi connectivity index (χ3n) is 11.7. The Hall–Kier alpha value is -4.16. The average Bonchev–Trinajstić information content (AvgIpc) is 3.41. The molecule has 1 spiro atoms. The standard InChI is InChI=1S/C39H49N5O6S/c1-24-11-15-32-27(18-24)9-7-17-39(32)22-44-20-29-12-14-30(29)34(45)10-6-8-25(2)26(3)51(48,42-37(47)31-21-43(4)40-38(31)49-5)41-36(46)28-13-16-35(50-23-39)33(44)19-28/h6,10-11,13,15-16,18-19,21,25-26,29-30,34,45H,7-9,12,14,17,20,22-23H2,1-5H3,(H,41,42,46,47,48)/b10-6-/t25-,26+,29-,30+,34-,39-,51?/m0/s1. The lowest BCUT2D eigenvalue weighted by molar-refractivity contribution is 0.0455. The van der Waals surface area contributed by atoms with Crippen molar-refractivity contribution in [3.63, 3.8) is 0 Å². The van der Waals surface area contributed by atoms with E-state index in [4.69, 9.17) is 9.47 Å². The topological polar surface area (TPSA) is 135 Å². The molecule has 0 radical (unpaired) electrons. The monoisotopic (exact) mass is 715 g/mol. The van der Waals surface area contributed by atoms with Crippen molar-refractivity contribution in [1.29, 1.82) is 0 Å². The molecule has 3 aromatic rings. The number of allylic oxidation sites excluding steroid dienone is 1. The summed E-state index contributed by atoms with van der Waals surface area (Å²) in [7, 11) is -0.636. The first kappa shape index (κ1) is 35.3. The number of nitrogens with zero attached hydrogens (tertiary/aromatic N) is 4. The molecule has 1 saturated carbocycles. The maximum atomic E-state index is 14.8. The van der Waals surface area contributed by atoms with Gasteiger partial charge in [-0.2, -0.15) is 0 Å². The van der Waals surface area contributed by atoms with Crippen LogP contribution in [0.5, 0.6) is 11.6 Å². The Kier molecular flexibility index (Phi) is 9.51. The molecule has 1 unspecified atom stereocenters. The number of methoxy groups -OCH3 is 1. The molecule has 11 nitrogen and oxygen atoms in total. The Morgan fingerprint density at radius 1 is 1.18 bits per heavy atom. The highest BCUT2D eigenvalue weighted by molar-refractivity contribution is 7.93. The third-order valence-corrected chi connectivity index (χ3v) is 14.1. The average molecular weight is 716 g/mol. The lowest BCUT2D eigenvalue weighted by atomic mass is 9.68. The summed E-state index contributed by atoms with van der Waals surface area (Å²) >= 11 is 0. The van der Waals surface area contributed by atoms with Crippen LogP contribution in [0.15, 0.2) is 59.1 Å². The minimum Gasteiger partial charge on any atom is -0.490 e. The van der Waals surface area contributed by atoms with Gasteiger partial charge in [-0.1, -0.05) is 42.8 Å². The van der Waals surface area contributed by atoms with Gasteiger partial charge in [-0.25, -0.2) is 4.21 Å². The highest BCUT2D eigenvalue weighted by Gasteiger charge is 2.44. The number of carbonyl (C=O) groups is 2. The van der Waals surface area contributed by atoms with Gasteiger partial charge in [0, 0.05) is 37.3 Å². The molecule has 7 rings (SSSR count). The quantitative estimate of drug-likeness (QED) is 0.338. The van der Waals surface area contributed by atoms with Gasteiger partial charge in [-0.05, 0) is 99.5 Å². The lowest BCUT2D eigenvalue weighted by Crippen LogP contribution is -2.49. The van der Waals surface area contributed by atoms with Crippen LogP contribution >= 0.6 is 0 Å². The normalized spacial score (nSPS) is 31.2. The summed E-state index contributed by atoms with van der Waals surface area (Å²) < 4.78 is 35.1. The Morgan fingerprint density at radius 3 is 2.76 bits per heavy atom. The van der Waals surface area contributed by atoms with Crippen molar-refractivity contribution in [2.45, 2.75) is 76.1 Å². The summed E-state index contributed by atoms with van der Waals surface area (Å²) in [5.41, 5.74) is 4.82. The first-order chi connectivity index (χ1) is 24.4. The summed E-state index contributed by atoms with van der Waals surface area (Å²) in [5.74, 6) is -0.523. The molecule has 272 valence electrons. The van der Waals surface area contributed by atoms with Gasteiger partial charge in [0.2, 0.25) is 5.88 Å². The van der Waals surface area contributed by atoms with E-state index in [0.717, 1.165) is 37.8 Å². The van der Waals surface area contributed by atoms with Gasteiger partial charge in [0.25, 0.3) is 11.8 Å². The van der Waals surface area contributed by atoms with Crippen LogP contribution in [0.4, 0.5) is 5.69 Å². The fourth-order valence-corrected chi connectivity index (χ4v) is 10.2. The molecule has 2 aliphatic heterocycles. The number of aromatic nitrogens is 2. The number of rotatable bonds is 3. The van der Waals surface area contributed by atoms with E-state index in [1.165, 1.54) is 34.7 Å². The molecule has 1 fully saturated rings. The van der Waals surface area contributed by atoms with Crippen LogP contribution in [0.25, 0.3) is 0 Å². The number of anilines is 1. The van der Waals surface area contributed by atoms with Gasteiger partial charge in [0.15, 0.2) is 0 Å². The van der Waals surface area contributed by atoms with E-state index in [9.17, 15) is 18.9 Å². The predicted molar refractivity (Wildman–Crippen MR) is 197 cm³/mol. The number of carbonyl (C=O) groups excluding carboxylic acids is 2. The van der Waals surface area contributed by atoms with Gasteiger partial charge in [-0.3, -0.25) is 19.0 Å². The van der Waals surface area contributed by atoms with Crippen molar-refractivity contribution < 1.29 is 28.4 Å². The van der Waals surface area contributed by atoms with Crippen LogP contribution < -0.4 is 19.1 Å². The molecule has 12 heteroatoms. The van der Waals surface area contributed by atoms with Gasteiger partial charge in [0.1, 0.15) is 21.2 Å². The van der Waals surface area contributed by atoms with Crippen molar-refractivity contribution in [2.24, 2.45) is 29.2 Å². The van der Waals surface area contributed by atoms with Crippen molar-refractivity contribution >= 4 is 27.4 Å². The minimum atomic E-state index is -3.69. The van der Waals surface area contributed by atoms with E-state index in [1.807, 2.05) is 25.1 Å². The molecule has 3 heterocycles. The third kappa shape index (κ3) is 6.68. The summed E-state index contributed by atoms with van der Waals surface area (Å²) in [6, 6.07) is 12.0. The fourth-order valence-electron chi connectivity index (χ4n) is 8.38. The second-order valence-corrected chi connectivity index (χ2v) is 17.4. The maximum absolute atomic E-state index is 14.8. The Labute approximate surface area is 300 Å². The van der Waals surface area contributed by atoms with Crippen molar-refractivity contribution in [2.75, 3.05) is 31.7 Å². The van der Waals surface area contributed by atoms with Crippen LogP contribution in [0, 0.1) is 24.7 Å². The molecule has 2 bridgehead atoms. The first-order valence-electron chi connectivity index (χ1n) is 18.1. The number of hydrogen-bond acceptors (Lipinski definition) is 8. The van der Waals surface area contributed by atoms with E-state index in [-0.39, 0.29) is 40.2 Å². The maximum Gasteiger partial charge on any atom is 0.286 e. The van der Waals surface area contributed by atoms with Gasteiger partial charge in [0.05, 0.1) is 30.8 Å². The number of nitrogens with one attached hydrogen (secondary N) is 1. The smallest absolute Gasteiger partial charge is 0.286 e. The number of benzene rings is 2. The second kappa shape index (κ2) is 13.8. The molecule has 51 heavy (non-hydrogen) atoms. The number of aliphatic hydroxyl groups excluding tert-OH is 1. The molecule has 2 amide bonds. The largest absolute Gasteiger partial charge is 0.490 e. The van der Waals surface area contributed by atoms with Crippen molar-refractivity contribution in [1.82, 2.24) is 14.5 Å². The molecule has 0 saturated heterocycles. The molecule has 2 aromatic carbocycles. The van der Waals surface area contributed by atoms with E-state index in [1.54, 1.807) is 26.1 Å². The van der Waals surface area contributed by atoms with Gasteiger partial charge >= 0.3 is 0 Å². The summed E-state index contributed by atoms with van der Waals surface area (Å²) in [6.45, 7) is 7.69. The van der Waals surface area contributed by atoms with E-state index < -0.39 is 33.1 Å². The summed E-state index contributed by atoms with van der Waals surface area (Å²) in [6.07, 6.45) is 10.1. The van der Waals surface area contributed by atoms with Gasteiger partial charge in [-0.15, -0.1) is 9.46 Å². The number of fused-ring (bicyclic) bond motifs is 4. The number of hydrogen-bond donors (Lipinski definition) is 2. The molecular formula is C39H49N5O6S. The van der Waals surface area contributed by atoms with Crippen LogP contribution in [0.3, 0.4) is 0 Å². The number of aryl methyl sites for hydroxylation is 3. The summed E-state index contributed by atoms with van der Waals surface area (Å²) in [5, 5.41) is 14.8. The molecule has 1 aromatic heterocycles. The minimum absolute atomic E-state index is 0.0730. The second-order valence-electron chi connectivity index (χ2n) is 15.1. The zero-order chi connectivity index (χ0) is 36.1. The molecular weight excluding hydrogens is 667 g/mol.